The lowest BCUT2D eigenvalue weighted by Gasteiger charge is -2.41. The largest absolute Gasteiger partial charge is 0.459 e. The van der Waals surface area contributed by atoms with E-state index < -0.39 is 15.6 Å². The van der Waals surface area contributed by atoms with Crippen molar-refractivity contribution < 1.29 is 22.4 Å². The summed E-state index contributed by atoms with van der Waals surface area (Å²) >= 11 is 0. The van der Waals surface area contributed by atoms with E-state index in [2.05, 4.69) is 5.32 Å². The van der Waals surface area contributed by atoms with E-state index in [4.69, 9.17) is 9.15 Å². The zero-order valence-corrected chi connectivity index (χ0v) is 13.7. The molecule has 0 unspecified atom stereocenters. The Labute approximate surface area is 130 Å². The van der Waals surface area contributed by atoms with Crippen molar-refractivity contribution in [3.05, 3.63) is 24.2 Å². The fraction of sp³-hybridized carbons (Fsp3) is 0.643. The first-order valence-electron chi connectivity index (χ1n) is 7.16. The molecule has 1 aromatic heterocycles. The Hall–Kier alpha value is -1.38. The summed E-state index contributed by atoms with van der Waals surface area (Å²) in [7, 11) is -1.59. The van der Waals surface area contributed by atoms with Crippen LogP contribution in [-0.2, 0) is 14.8 Å². The third-order valence-electron chi connectivity index (χ3n) is 4.06. The van der Waals surface area contributed by atoms with Crippen molar-refractivity contribution in [3.8, 4) is 0 Å². The number of amides is 1. The molecular weight excluding hydrogens is 308 g/mol. The molecule has 8 heteroatoms. The maximum atomic E-state index is 12.2. The summed E-state index contributed by atoms with van der Waals surface area (Å²) in [5, 5.41) is 3.01. The maximum Gasteiger partial charge on any atom is 0.287 e. The number of ether oxygens (including phenoxy) is 1. The SMILES string of the molecule is COCCC1(NC(=O)c2ccco2)CCN(S(C)(=O)=O)CC1. The molecule has 2 heterocycles. The molecule has 1 aliphatic rings. The number of hydrogen-bond donors (Lipinski definition) is 1. The maximum absolute atomic E-state index is 12.2. The molecule has 0 bridgehead atoms. The summed E-state index contributed by atoms with van der Waals surface area (Å²) < 4.78 is 34.9. The highest BCUT2D eigenvalue weighted by atomic mass is 32.2. The van der Waals surface area contributed by atoms with E-state index >= 15 is 0 Å². The molecule has 124 valence electrons. The highest BCUT2D eigenvalue weighted by molar-refractivity contribution is 7.88. The van der Waals surface area contributed by atoms with Crippen LogP contribution < -0.4 is 5.32 Å². The monoisotopic (exact) mass is 330 g/mol. The highest BCUT2D eigenvalue weighted by Gasteiger charge is 2.38. The van der Waals surface area contributed by atoms with Crippen LogP contribution in [0.3, 0.4) is 0 Å². The molecule has 2 rings (SSSR count). The molecule has 0 aliphatic carbocycles. The van der Waals surface area contributed by atoms with Crippen molar-refractivity contribution in [2.75, 3.05) is 33.1 Å². The Morgan fingerprint density at radius 3 is 2.64 bits per heavy atom. The summed E-state index contributed by atoms with van der Waals surface area (Å²) in [5.41, 5.74) is -0.471. The van der Waals surface area contributed by atoms with Gasteiger partial charge < -0.3 is 14.5 Å². The first-order chi connectivity index (χ1) is 10.4. The van der Waals surface area contributed by atoms with Gasteiger partial charge in [-0.05, 0) is 31.4 Å². The second kappa shape index (κ2) is 6.80. The first-order valence-corrected chi connectivity index (χ1v) is 9.01. The van der Waals surface area contributed by atoms with E-state index in [1.807, 2.05) is 0 Å². The van der Waals surface area contributed by atoms with Gasteiger partial charge in [-0.25, -0.2) is 12.7 Å². The van der Waals surface area contributed by atoms with Crippen molar-refractivity contribution in [2.45, 2.75) is 24.8 Å². The zero-order chi connectivity index (χ0) is 16.2. The number of carbonyl (C=O) groups is 1. The molecule has 1 amide bonds. The molecule has 1 saturated heterocycles. The molecule has 1 aromatic rings. The predicted molar refractivity (Wildman–Crippen MR) is 81.0 cm³/mol. The highest BCUT2D eigenvalue weighted by Crippen LogP contribution is 2.27. The van der Waals surface area contributed by atoms with E-state index in [1.54, 1.807) is 19.2 Å². The van der Waals surface area contributed by atoms with E-state index in [9.17, 15) is 13.2 Å². The van der Waals surface area contributed by atoms with Gasteiger partial charge in [-0.1, -0.05) is 0 Å². The van der Waals surface area contributed by atoms with Gasteiger partial charge in [0.1, 0.15) is 0 Å². The fourth-order valence-corrected chi connectivity index (χ4v) is 3.54. The summed E-state index contributed by atoms with van der Waals surface area (Å²) in [5.74, 6) is -0.0313. The van der Waals surface area contributed by atoms with E-state index in [0.717, 1.165) is 0 Å². The first kappa shape index (κ1) is 17.0. The van der Waals surface area contributed by atoms with Gasteiger partial charge in [-0.3, -0.25) is 4.79 Å². The van der Waals surface area contributed by atoms with Crippen molar-refractivity contribution in [3.63, 3.8) is 0 Å². The van der Waals surface area contributed by atoms with Crippen LogP contribution in [0.15, 0.2) is 22.8 Å². The Kier molecular flexibility index (Phi) is 5.25. The Morgan fingerprint density at radius 1 is 1.45 bits per heavy atom. The number of rotatable bonds is 6. The normalized spacial score (nSPS) is 19.0. The Bertz CT molecular complexity index is 589. The standard InChI is InChI=1S/C14H22N2O5S/c1-20-11-7-14(15-13(17)12-4-3-10-21-12)5-8-16(9-6-14)22(2,18)19/h3-4,10H,5-9,11H2,1-2H3,(H,15,17). The molecule has 7 nitrogen and oxygen atoms in total. The molecule has 0 spiro atoms. The number of sulfonamides is 1. The van der Waals surface area contributed by atoms with Crippen LogP contribution in [0.4, 0.5) is 0 Å². The average molecular weight is 330 g/mol. The minimum atomic E-state index is -3.20. The molecular formula is C14H22N2O5S. The topological polar surface area (TPSA) is 88.8 Å². The van der Waals surface area contributed by atoms with Crippen LogP contribution in [0.5, 0.6) is 0 Å². The lowest BCUT2D eigenvalue weighted by Crippen LogP contribution is -2.56. The molecule has 1 fully saturated rings. The van der Waals surface area contributed by atoms with E-state index in [1.165, 1.54) is 16.8 Å². The smallest absolute Gasteiger partial charge is 0.287 e. The number of nitrogens with one attached hydrogen (secondary N) is 1. The lowest BCUT2D eigenvalue weighted by atomic mass is 9.85. The molecule has 22 heavy (non-hydrogen) atoms. The van der Waals surface area contributed by atoms with Gasteiger partial charge in [0.15, 0.2) is 5.76 Å². The quantitative estimate of drug-likeness (QED) is 0.835. The van der Waals surface area contributed by atoms with Crippen LogP contribution in [0.2, 0.25) is 0 Å². The second-order valence-electron chi connectivity index (χ2n) is 5.62. The number of methoxy groups -OCH3 is 1. The van der Waals surface area contributed by atoms with Crippen molar-refractivity contribution in [2.24, 2.45) is 0 Å². The third-order valence-corrected chi connectivity index (χ3v) is 5.36. The average Bonchev–Trinajstić information content (AvgIpc) is 2.99. The van der Waals surface area contributed by atoms with Crippen LogP contribution in [0.1, 0.15) is 29.8 Å². The Morgan fingerprint density at radius 2 is 2.14 bits per heavy atom. The van der Waals surface area contributed by atoms with Gasteiger partial charge >= 0.3 is 0 Å². The number of carbonyl (C=O) groups excluding carboxylic acids is 1. The van der Waals surface area contributed by atoms with Gasteiger partial charge in [-0.2, -0.15) is 0 Å². The number of furan rings is 1. The van der Waals surface area contributed by atoms with Crippen LogP contribution >= 0.6 is 0 Å². The van der Waals surface area contributed by atoms with Crippen LogP contribution in [0.25, 0.3) is 0 Å². The summed E-state index contributed by atoms with van der Waals surface area (Å²) in [6, 6.07) is 3.26. The predicted octanol–water partition coefficient (Wildman–Crippen LogP) is 0.840. The summed E-state index contributed by atoms with van der Waals surface area (Å²) in [6.07, 6.45) is 4.39. The third kappa shape index (κ3) is 4.08. The van der Waals surface area contributed by atoms with Gasteiger partial charge in [-0.15, -0.1) is 0 Å². The fourth-order valence-electron chi connectivity index (χ4n) is 2.69. The van der Waals surface area contributed by atoms with Gasteiger partial charge in [0.2, 0.25) is 10.0 Å². The zero-order valence-electron chi connectivity index (χ0n) is 12.9. The molecule has 0 saturated carbocycles. The molecule has 1 aliphatic heterocycles. The minimum absolute atomic E-state index is 0.252. The van der Waals surface area contributed by atoms with Crippen molar-refractivity contribution in [1.29, 1.82) is 0 Å². The summed E-state index contributed by atoms with van der Waals surface area (Å²) in [6.45, 7) is 1.28. The van der Waals surface area contributed by atoms with Crippen LogP contribution in [0, 0.1) is 0 Å². The van der Waals surface area contributed by atoms with Gasteiger partial charge in [0, 0.05) is 32.3 Å². The molecule has 1 N–H and O–H groups in total. The molecule has 0 radical (unpaired) electrons. The Balaban J connectivity index is 2.08. The van der Waals surface area contributed by atoms with Gasteiger partial charge in [0.05, 0.1) is 12.5 Å². The van der Waals surface area contributed by atoms with E-state index in [-0.39, 0.29) is 11.7 Å². The number of piperidine rings is 1. The number of hydrogen-bond acceptors (Lipinski definition) is 5. The summed E-state index contributed by atoms with van der Waals surface area (Å²) in [4.78, 5) is 12.2. The second-order valence-corrected chi connectivity index (χ2v) is 7.60. The van der Waals surface area contributed by atoms with Crippen LogP contribution in [-0.4, -0.2) is 57.2 Å². The lowest BCUT2D eigenvalue weighted by molar-refractivity contribution is 0.0758. The van der Waals surface area contributed by atoms with Crippen molar-refractivity contribution >= 4 is 15.9 Å². The number of nitrogens with zero attached hydrogens (tertiary/aromatic N) is 1. The van der Waals surface area contributed by atoms with Gasteiger partial charge in [0.25, 0.3) is 5.91 Å². The van der Waals surface area contributed by atoms with E-state index in [0.29, 0.717) is 39.0 Å². The molecule has 0 aromatic carbocycles. The minimum Gasteiger partial charge on any atom is -0.459 e. The molecule has 0 atom stereocenters. The van der Waals surface area contributed by atoms with Crippen molar-refractivity contribution in [1.82, 2.24) is 9.62 Å².